The molecular weight excluding hydrogens is 232 g/mol. The van der Waals surface area contributed by atoms with Gasteiger partial charge in [0.05, 0.1) is 0 Å². The monoisotopic (exact) mass is 260 g/mol. The van der Waals surface area contributed by atoms with Crippen LogP contribution in [-0.2, 0) is 0 Å². The quantitative estimate of drug-likeness (QED) is 0.900. The third-order valence-corrected chi connectivity index (χ3v) is 4.47. The van der Waals surface area contributed by atoms with E-state index in [4.69, 9.17) is 5.73 Å². The van der Waals surface area contributed by atoms with Crippen molar-refractivity contribution in [3.8, 4) is 0 Å². The summed E-state index contributed by atoms with van der Waals surface area (Å²) in [6.07, 6.45) is 6.80. The Hall–Kier alpha value is -0.860. The molecule has 2 N–H and O–H groups in total. The summed E-state index contributed by atoms with van der Waals surface area (Å²) >= 11 is 0. The standard InChI is InChI=1S/C17H28N2/c1-14-8-9-16(12-15(14)2)17(13-18)19-10-6-4-3-5-7-11-19/h8-9,12,17H,3-7,10-11,13,18H2,1-2H3. The topological polar surface area (TPSA) is 29.3 Å². The van der Waals surface area contributed by atoms with E-state index in [-0.39, 0.29) is 0 Å². The Kier molecular flexibility index (Phi) is 5.41. The molecule has 0 amide bonds. The summed E-state index contributed by atoms with van der Waals surface area (Å²) in [7, 11) is 0. The lowest BCUT2D eigenvalue weighted by Gasteiger charge is -2.33. The summed E-state index contributed by atoms with van der Waals surface area (Å²) in [5.41, 5.74) is 10.2. The van der Waals surface area contributed by atoms with Gasteiger partial charge in [-0.2, -0.15) is 0 Å². The summed E-state index contributed by atoms with van der Waals surface area (Å²) in [5.74, 6) is 0. The molecule has 1 heterocycles. The van der Waals surface area contributed by atoms with Crippen molar-refractivity contribution < 1.29 is 0 Å². The minimum absolute atomic E-state index is 0.400. The second-order valence-electron chi connectivity index (χ2n) is 5.90. The normalized spacial score (nSPS) is 19.7. The molecule has 1 aliphatic heterocycles. The highest BCUT2D eigenvalue weighted by molar-refractivity contribution is 5.32. The van der Waals surface area contributed by atoms with Gasteiger partial charge < -0.3 is 5.73 Å². The molecule has 1 unspecified atom stereocenters. The van der Waals surface area contributed by atoms with Crippen LogP contribution in [0.5, 0.6) is 0 Å². The van der Waals surface area contributed by atoms with Crippen LogP contribution in [0.3, 0.4) is 0 Å². The van der Waals surface area contributed by atoms with E-state index in [1.54, 1.807) is 0 Å². The first kappa shape index (κ1) is 14.5. The molecule has 1 aromatic rings. The summed E-state index contributed by atoms with van der Waals surface area (Å²) in [4.78, 5) is 2.60. The highest BCUT2D eigenvalue weighted by atomic mass is 15.2. The van der Waals surface area contributed by atoms with Crippen LogP contribution in [0.1, 0.15) is 54.8 Å². The molecule has 2 nitrogen and oxygen atoms in total. The lowest BCUT2D eigenvalue weighted by molar-refractivity contribution is 0.183. The average Bonchev–Trinajstić information content (AvgIpc) is 2.36. The van der Waals surface area contributed by atoms with Crippen molar-refractivity contribution in [2.75, 3.05) is 19.6 Å². The summed E-state index contributed by atoms with van der Waals surface area (Å²) in [5, 5.41) is 0. The smallest absolute Gasteiger partial charge is 0.0470 e. The third-order valence-electron chi connectivity index (χ3n) is 4.47. The first-order valence-corrected chi connectivity index (χ1v) is 7.73. The average molecular weight is 260 g/mol. The SMILES string of the molecule is Cc1ccc(C(CN)N2CCCCCCC2)cc1C. The number of hydrogen-bond donors (Lipinski definition) is 1. The minimum Gasteiger partial charge on any atom is -0.329 e. The van der Waals surface area contributed by atoms with E-state index >= 15 is 0 Å². The zero-order valence-electron chi connectivity index (χ0n) is 12.5. The molecule has 1 fully saturated rings. The molecule has 1 aliphatic rings. The molecule has 2 heteroatoms. The van der Waals surface area contributed by atoms with Crippen LogP contribution >= 0.6 is 0 Å². The number of aryl methyl sites for hydroxylation is 2. The van der Waals surface area contributed by atoms with Gasteiger partial charge in [0.1, 0.15) is 0 Å². The van der Waals surface area contributed by atoms with Crippen LogP contribution in [0.2, 0.25) is 0 Å². The van der Waals surface area contributed by atoms with Crippen molar-refractivity contribution in [2.24, 2.45) is 5.73 Å². The van der Waals surface area contributed by atoms with Gasteiger partial charge >= 0.3 is 0 Å². The number of hydrogen-bond acceptors (Lipinski definition) is 2. The van der Waals surface area contributed by atoms with Crippen LogP contribution in [0.4, 0.5) is 0 Å². The largest absolute Gasteiger partial charge is 0.329 e. The van der Waals surface area contributed by atoms with Crippen LogP contribution in [-0.4, -0.2) is 24.5 Å². The van der Waals surface area contributed by atoms with Crippen LogP contribution in [0.15, 0.2) is 18.2 Å². The first-order chi connectivity index (χ1) is 9.22. The molecular formula is C17H28N2. The molecule has 0 spiro atoms. The fraction of sp³-hybridized carbons (Fsp3) is 0.647. The highest BCUT2D eigenvalue weighted by Crippen LogP contribution is 2.24. The van der Waals surface area contributed by atoms with E-state index in [1.165, 1.54) is 61.9 Å². The van der Waals surface area contributed by atoms with Gasteiger partial charge in [0.2, 0.25) is 0 Å². The van der Waals surface area contributed by atoms with E-state index in [9.17, 15) is 0 Å². The van der Waals surface area contributed by atoms with Crippen LogP contribution < -0.4 is 5.73 Å². The molecule has 106 valence electrons. The zero-order valence-corrected chi connectivity index (χ0v) is 12.5. The maximum absolute atomic E-state index is 6.07. The van der Waals surface area contributed by atoms with E-state index in [2.05, 4.69) is 36.9 Å². The lowest BCUT2D eigenvalue weighted by Crippen LogP contribution is -2.36. The summed E-state index contributed by atoms with van der Waals surface area (Å²) < 4.78 is 0. The van der Waals surface area contributed by atoms with Gasteiger partial charge in [-0.3, -0.25) is 4.90 Å². The second-order valence-corrected chi connectivity index (χ2v) is 5.90. The lowest BCUT2D eigenvalue weighted by atomic mass is 9.98. The van der Waals surface area contributed by atoms with Gasteiger partial charge in [0, 0.05) is 12.6 Å². The molecule has 0 aliphatic carbocycles. The van der Waals surface area contributed by atoms with Gasteiger partial charge in [-0.1, -0.05) is 37.5 Å². The predicted molar refractivity (Wildman–Crippen MR) is 82.4 cm³/mol. The van der Waals surface area contributed by atoms with Crippen LogP contribution in [0, 0.1) is 13.8 Å². The van der Waals surface area contributed by atoms with Gasteiger partial charge in [0.15, 0.2) is 0 Å². The number of nitrogens with zero attached hydrogens (tertiary/aromatic N) is 1. The maximum atomic E-state index is 6.07. The van der Waals surface area contributed by atoms with Gasteiger partial charge in [0.25, 0.3) is 0 Å². The fourth-order valence-electron chi connectivity index (χ4n) is 3.05. The van der Waals surface area contributed by atoms with Crippen molar-refractivity contribution in [1.29, 1.82) is 0 Å². The van der Waals surface area contributed by atoms with Crippen molar-refractivity contribution in [3.05, 3.63) is 34.9 Å². The number of rotatable bonds is 3. The Morgan fingerprint density at radius 3 is 2.21 bits per heavy atom. The molecule has 0 bridgehead atoms. The number of nitrogens with two attached hydrogens (primary N) is 1. The van der Waals surface area contributed by atoms with E-state index in [0.717, 1.165) is 6.54 Å². The van der Waals surface area contributed by atoms with Gasteiger partial charge in [-0.15, -0.1) is 0 Å². The Morgan fingerprint density at radius 2 is 1.63 bits per heavy atom. The second kappa shape index (κ2) is 7.06. The number of likely N-dealkylation sites (tertiary alicyclic amines) is 1. The fourth-order valence-corrected chi connectivity index (χ4v) is 3.05. The minimum atomic E-state index is 0.400. The van der Waals surface area contributed by atoms with Gasteiger partial charge in [-0.05, 0) is 56.5 Å². The van der Waals surface area contributed by atoms with E-state index in [1.807, 2.05) is 0 Å². The Morgan fingerprint density at radius 1 is 1.00 bits per heavy atom. The number of benzene rings is 1. The summed E-state index contributed by atoms with van der Waals surface area (Å²) in [6, 6.07) is 7.22. The highest BCUT2D eigenvalue weighted by Gasteiger charge is 2.19. The molecule has 1 aromatic carbocycles. The molecule has 19 heavy (non-hydrogen) atoms. The van der Waals surface area contributed by atoms with E-state index in [0.29, 0.717) is 6.04 Å². The molecule has 0 radical (unpaired) electrons. The van der Waals surface area contributed by atoms with Crippen LogP contribution in [0.25, 0.3) is 0 Å². The van der Waals surface area contributed by atoms with Gasteiger partial charge in [-0.25, -0.2) is 0 Å². The van der Waals surface area contributed by atoms with Crippen molar-refractivity contribution in [1.82, 2.24) is 4.90 Å². The molecule has 1 saturated heterocycles. The van der Waals surface area contributed by atoms with Crippen molar-refractivity contribution >= 4 is 0 Å². The Bertz CT molecular complexity index is 392. The predicted octanol–water partition coefficient (Wildman–Crippen LogP) is 3.57. The molecule has 1 atom stereocenters. The van der Waals surface area contributed by atoms with E-state index < -0.39 is 0 Å². The van der Waals surface area contributed by atoms with Crippen molar-refractivity contribution in [3.63, 3.8) is 0 Å². The molecule has 0 aromatic heterocycles. The zero-order chi connectivity index (χ0) is 13.7. The maximum Gasteiger partial charge on any atom is 0.0470 e. The first-order valence-electron chi connectivity index (χ1n) is 7.73. The molecule has 0 saturated carbocycles. The summed E-state index contributed by atoms with van der Waals surface area (Å²) in [6.45, 7) is 7.50. The third kappa shape index (κ3) is 3.80. The molecule has 2 rings (SSSR count). The van der Waals surface area contributed by atoms with Crippen molar-refractivity contribution in [2.45, 2.75) is 52.0 Å². The Balaban J connectivity index is 2.14. The Labute approximate surface area is 118 Å².